The molecule has 5 nitrogen and oxygen atoms in total. The first-order valence-electron chi connectivity index (χ1n) is 5.09. The summed E-state index contributed by atoms with van der Waals surface area (Å²) in [6.45, 7) is 0. The molecule has 0 heterocycles. The second kappa shape index (κ2) is 4.98. The largest absolute Gasteiger partial charge is 0.399 e. The van der Waals surface area contributed by atoms with E-state index in [1.165, 1.54) is 0 Å². The molecule has 0 bridgehead atoms. The molecule has 0 radical (unpaired) electrons. The lowest BCUT2D eigenvalue weighted by Crippen LogP contribution is -2.08. The number of hydrazine groups is 1. The molecule has 4 N–H and O–H groups in total. The van der Waals surface area contributed by atoms with E-state index in [9.17, 15) is 4.91 Å². The van der Waals surface area contributed by atoms with E-state index in [4.69, 9.17) is 5.73 Å². The highest BCUT2D eigenvalue weighted by molar-refractivity contribution is 5.57. The Bertz CT molecular complexity index is 493. The van der Waals surface area contributed by atoms with E-state index in [0.717, 1.165) is 17.1 Å². The van der Waals surface area contributed by atoms with Gasteiger partial charge >= 0.3 is 0 Å². The molecule has 0 fully saturated rings. The Balaban J connectivity index is 1.97. The van der Waals surface area contributed by atoms with Crippen LogP contribution in [0, 0.1) is 4.91 Å². The molecule has 5 heteroatoms. The third-order valence-corrected chi connectivity index (χ3v) is 2.23. The lowest BCUT2D eigenvalue weighted by atomic mass is 10.3. The summed E-state index contributed by atoms with van der Waals surface area (Å²) >= 11 is 0. The molecule has 0 aliphatic rings. The lowest BCUT2D eigenvalue weighted by molar-refractivity contribution is 1.40. The van der Waals surface area contributed by atoms with Crippen LogP contribution >= 0.6 is 0 Å². The number of benzene rings is 2. The van der Waals surface area contributed by atoms with Gasteiger partial charge in [-0.2, -0.15) is 0 Å². The smallest absolute Gasteiger partial charge is 0.108 e. The highest BCUT2D eigenvalue weighted by atomic mass is 16.3. The van der Waals surface area contributed by atoms with E-state index >= 15 is 0 Å². The monoisotopic (exact) mass is 228 g/mol. The second-order valence-electron chi connectivity index (χ2n) is 3.51. The zero-order valence-corrected chi connectivity index (χ0v) is 9.05. The number of rotatable bonds is 4. The van der Waals surface area contributed by atoms with Crippen molar-refractivity contribution in [2.24, 2.45) is 5.18 Å². The van der Waals surface area contributed by atoms with Crippen molar-refractivity contribution in [3.63, 3.8) is 0 Å². The summed E-state index contributed by atoms with van der Waals surface area (Å²) in [5, 5.41) is 2.83. The van der Waals surface area contributed by atoms with Gasteiger partial charge in [0.2, 0.25) is 0 Å². The molecule has 0 aromatic heterocycles. The Morgan fingerprint density at radius 3 is 1.76 bits per heavy atom. The van der Waals surface area contributed by atoms with Gasteiger partial charge in [0.05, 0.1) is 11.4 Å². The summed E-state index contributed by atoms with van der Waals surface area (Å²) in [5.41, 5.74) is 14.5. The van der Waals surface area contributed by atoms with E-state index in [0.29, 0.717) is 5.69 Å². The Kier molecular flexibility index (Phi) is 3.20. The highest BCUT2D eigenvalue weighted by Gasteiger charge is 1.94. The number of nitrogens with two attached hydrogens (primary N) is 1. The van der Waals surface area contributed by atoms with Gasteiger partial charge in [0, 0.05) is 5.69 Å². The molecule has 2 aromatic rings. The number of hydrogen-bond acceptors (Lipinski definition) is 5. The zero-order chi connectivity index (χ0) is 12.1. The van der Waals surface area contributed by atoms with E-state index in [1.807, 2.05) is 24.3 Å². The fraction of sp³-hybridized carbons (Fsp3) is 0. The number of nitrogens with zero attached hydrogens (tertiary/aromatic N) is 1. The number of nitrogens with one attached hydrogen (secondary N) is 2. The van der Waals surface area contributed by atoms with Gasteiger partial charge in [0.15, 0.2) is 0 Å². The fourth-order valence-corrected chi connectivity index (χ4v) is 1.32. The van der Waals surface area contributed by atoms with Gasteiger partial charge in [0.25, 0.3) is 0 Å². The SMILES string of the molecule is Nc1ccc(NNc2ccc(N=O)cc2)cc1. The van der Waals surface area contributed by atoms with E-state index in [-0.39, 0.29) is 0 Å². The molecule has 0 aliphatic carbocycles. The van der Waals surface area contributed by atoms with Gasteiger partial charge in [-0.25, -0.2) is 0 Å². The number of anilines is 3. The average Bonchev–Trinajstić information content (AvgIpc) is 2.39. The van der Waals surface area contributed by atoms with Crippen molar-refractivity contribution < 1.29 is 0 Å². The summed E-state index contributed by atoms with van der Waals surface area (Å²) in [6.07, 6.45) is 0. The third kappa shape index (κ3) is 2.94. The number of nitrogen functional groups attached to an aromatic ring is 1. The summed E-state index contributed by atoms with van der Waals surface area (Å²) in [7, 11) is 0. The van der Waals surface area contributed by atoms with Gasteiger partial charge in [-0.3, -0.25) is 0 Å². The Hall–Kier alpha value is -2.56. The molecular formula is C12H12N4O. The van der Waals surface area contributed by atoms with Crippen molar-refractivity contribution in [3.05, 3.63) is 53.4 Å². The zero-order valence-electron chi connectivity index (χ0n) is 9.05. The molecule has 0 unspecified atom stereocenters. The minimum absolute atomic E-state index is 0.406. The van der Waals surface area contributed by atoms with E-state index in [1.54, 1.807) is 24.3 Å². The van der Waals surface area contributed by atoms with Gasteiger partial charge in [-0.15, -0.1) is 4.91 Å². The highest BCUT2D eigenvalue weighted by Crippen LogP contribution is 2.16. The molecule has 2 rings (SSSR count). The van der Waals surface area contributed by atoms with Crippen molar-refractivity contribution in [2.45, 2.75) is 0 Å². The molecule has 2 aromatic carbocycles. The molecule has 0 amide bonds. The second-order valence-corrected chi connectivity index (χ2v) is 3.51. The number of nitroso groups, excluding NO2 is 1. The first-order valence-corrected chi connectivity index (χ1v) is 5.09. The molecule has 0 atom stereocenters. The average molecular weight is 228 g/mol. The predicted molar refractivity (Wildman–Crippen MR) is 70.0 cm³/mol. The van der Waals surface area contributed by atoms with Crippen molar-refractivity contribution in [3.8, 4) is 0 Å². The van der Waals surface area contributed by atoms with Crippen molar-refractivity contribution in [2.75, 3.05) is 16.6 Å². The van der Waals surface area contributed by atoms with Crippen LogP contribution in [-0.2, 0) is 0 Å². The normalized spacial score (nSPS) is 9.65. The molecular weight excluding hydrogens is 216 g/mol. The van der Waals surface area contributed by atoms with Gasteiger partial charge in [-0.05, 0) is 53.7 Å². The maximum atomic E-state index is 10.2. The van der Waals surface area contributed by atoms with Crippen LogP contribution < -0.4 is 16.6 Å². The van der Waals surface area contributed by atoms with Crippen molar-refractivity contribution in [1.82, 2.24) is 0 Å². The van der Waals surface area contributed by atoms with Crippen molar-refractivity contribution in [1.29, 1.82) is 0 Å². The number of hydrogen-bond donors (Lipinski definition) is 3. The van der Waals surface area contributed by atoms with Crippen LogP contribution in [0.25, 0.3) is 0 Å². The molecule has 86 valence electrons. The quantitative estimate of drug-likeness (QED) is 0.426. The maximum Gasteiger partial charge on any atom is 0.108 e. The van der Waals surface area contributed by atoms with Crippen LogP contribution in [0.15, 0.2) is 53.7 Å². The minimum Gasteiger partial charge on any atom is -0.399 e. The van der Waals surface area contributed by atoms with Gasteiger partial charge in [-0.1, -0.05) is 0 Å². The van der Waals surface area contributed by atoms with Gasteiger partial charge < -0.3 is 16.6 Å². The molecule has 0 saturated heterocycles. The van der Waals surface area contributed by atoms with Crippen LogP contribution in [0.1, 0.15) is 0 Å². The molecule has 17 heavy (non-hydrogen) atoms. The van der Waals surface area contributed by atoms with Crippen LogP contribution in [0.5, 0.6) is 0 Å². The van der Waals surface area contributed by atoms with Crippen LogP contribution in [0.2, 0.25) is 0 Å². The first-order chi connectivity index (χ1) is 8.28. The van der Waals surface area contributed by atoms with Crippen molar-refractivity contribution >= 4 is 22.7 Å². The summed E-state index contributed by atoms with van der Waals surface area (Å²) in [5.74, 6) is 0. The molecule has 0 spiro atoms. The maximum absolute atomic E-state index is 10.2. The minimum atomic E-state index is 0.406. The Morgan fingerprint density at radius 2 is 1.29 bits per heavy atom. The lowest BCUT2D eigenvalue weighted by Gasteiger charge is -2.09. The Labute approximate surface area is 98.6 Å². The molecule has 0 saturated carbocycles. The standard InChI is InChI=1S/C12H12N4O/c13-9-1-3-10(4-2-9)14-15-11-5-7-12(16-17)8-6-11/h1-8,14-15H,13H2. The van der Waals surface area contributed by atoms with E-state index < -0.39 is 0 Å². The molecule has 0 aliphatic heterocycles. The van der Waals surface area contributed by atoms with Crippen LogP contribution in [-0.4, -0.2) is 0 Å². The van der Waals surface area contributed by atoms with Crippen LogP contribution in [0.3, 0.4) is 0 Å². The third-order valence-electron chi connectivity index (χ3n) is 2.23. The summed E-state index contributed by atoms with van der Waals surface area (Å²) in [4.78, 5) is 10.2. The predicted octanol–water partition coefficient (Wildman–Crippen LogP) is 3.11. The topological polar surface area (TPSA) is 79.5 Å². The summed E-state index contributed by atoms with van der Waals surface area (Å²) in [6, 6.07) is 14.2. The fourth-order valence-electron chi connectivity index (χ4n) is 1.32. The summed E-state index contributed by atoms with van der Waals surface area (Å²) < 4.78 is 0. The van der Waals surface area contributed by atoms with E-state index in [2.05, 4.69) is 16.0 Å². The Morgan fingerprint density at radius 1 is 0.824 bits per heavy atom. The van der Waals surface area contributed by atoms with Gasteiger partial charge in [0.1, 0.15) is 5.69 Å². The first kappa shape index (κ1) is 10.9. The van der Waals surface area contributed by atoms with Crippen LogP contribution in [0.4, 0.5) is 22.7 Å².